The van der Waals surface area contributed by atoms with Gasteiger partial charge < -0.3 is 5.11 Å². The van der Waals surface area contributed by atoms with Crippen LogP contribution in [0.4, 0.5) is 30.7 Å². The van der Waals surface area contributed by atoms with Crippen LogP contribution in [-0.2, 0) is 0 Å². The van der Waals surface area contributed by atoms with Gasteiger partial charge in [0.05, 0.1) is 42.3 Å². The van der Waals surface area contributed by atoms with Crippen LogP contribution in [-0.4, -0.2) is 80.8 Å². The summed E-state index contributed by atoms with van der Waals surface area (Å²) in [6.45, 7) is 0. The fourth-order valence-electron chi connectivity index (χ4n) is 1.37. The predicted octanol–water partition coefficient (Wildman–Crippen LogP) is 0.875. The van der Waals surface area contributed by atoms with Crippen LogP contribution in [0, 0.1) is 0 Å². The Bertz CT molecular complexity index is 329. The minimum Gasteiger partial charge on any atom is -0.793 e. The van der Waals surface area contributed by atoms with Gasteiger partial charge in [-0.25, -0.2) is 8.78 Å². The molecule has 0 radical (unpaired) electrons. The summed E-state index contributed by atoms with van der Waals surface area (Å²) >= 11 is 0. The molecule has 128 valence electrons. The molecule has 0 unspecified atom stereocenters. The van der Waals surface area contributed by atoms with E-state index in [4.69, 9.17) is 5.11 Å². The highest BCUT2D eigenvalue weighted by atomic mass is 19.4. The summed E-state index contributed by atoms with van der Waals surface area (Å²) in [5, 5.41) is 8.97. The van der Waals surface area contributed by atoms with Crippen molar-refractivity contribution in [2.24, 2.45) is 0 Å². The third kappa shape index (κ3) is 6.36. The van der Waals surface area contributed by atoms with Gasteiger partial charge in [0, 0.05) is 0 Å². The molecule has 0 fully saturated rings. The van der Waals surface area contributed by atoms with E-state index in [9.17, 15) is 30.7 Å². The standard InChI is InChI=1S/C7H18N3.C3F7O/c1-8(2)7(9(3)4)10(5)6;4-1(5,2(6,7)8)3(9,10)11/h1-6H3;/q+1;-1. The van der Waals surface area contributed by atoms with Crippen LogP contribution in [0.1, 0.15) is 0 Å². The van der Waals surface area contributed by atoms with Gasteiger partial charge in [-0.3, -0.25) is 14.4 Å². The van der Waals surface area contributed by atoms with E-state index >= 15 is 0 Å². The first kappa shape index (κ1) is 22.0. The molecule has 0 aliphatic heterocycles. The van der Waals surface area contributed by atoms with Gasteiger partial charge in [0.25, 0.3) is 6.11 Å². The first-order valence-corrected chi connectivity index (χ1v) is 5.38. The van der Waals surface area contributed by atoms with E-state index in [1.165, 1.54) is 5.96 Å². The maximum atomic E-state index is 11.2. The Morgan fingerprint density at radius 1 is 0.810 bits per heavy atom. The van der Waals surface area contributed by atoms with Crippen molar-refractivity contribution in [3.63, 3.8) is 0 Å². The van der Waals surface area contributed by atoms with E-state index in [1.54, 1.807) is 0 Å². The summed E-state index contributed by atoms with van der Waals surface area (Å²) in [5.74, 6) is -5.32. The molecule has 0 N–H and O–H groups in total. The Labute approximate surface area is 118 Å². The minimum absolute atomic E-state index is 1.19. The summed E-state index contributed by atoms with van der Waals surface area (Å²) in [6.07, 6.45) is -12.8. The Morgan fingerprint density at radius 3 is 1.10 bits per heavy atom. The van der Waals surface area contributed by atoms with Crippen LogP contribution in [0.3, 0.4) is 0 Å². The van der Waals surface area contributed by atoms with Gasteiger partial charge in [-0.1, -0.05) is 0 Å². The molecule has 0 aromatic carbocycles. The van der Waals surface area contributed by atoms with Crippen LogP contribution in [0.25, 0.3) is 0 Å². The molecule has 4 nitrogen and oxygen atoms in total. The lowest BCUT2D eigenvalue weighted by Crippen LogP contribution is -2.59. The van der Waals surface area contributed by atoms with Gasteiger partial charge in [0.2, 0.25) is 0 Å². The average Bonchev–Trinajstić information content (AvgIpc) is 2.11. The van der Waals surface area contributed by atoms with Crippen LogP contribution >= 0.6 is 0 Å². The number of guanidine groups is 1. The number of nitrogens with zero attached hydrogens (tertiary/aromatic N) is 3. The monoisotopic (exact) mass is 329 g/mol. The summed E-state index contributed by atoms with van der Waals surface area (Å²) in [4.78, 5) is 4.17. The third-order valence-electron chi connectivity index (χ3n) is 1.92. The Morgan fingerprint density at radius 2 is 1.10 bits per heavy atom. The summed E-state index contributed by atoms with van der Waals surface area (Å²) in [5.41, 5.74) is 0. The second-order valence-corrected chi connectivity index (χ2v) is 4.57. The van der Waals surface area contributed by atoms with Crippen LogP contribution in [0.15, 0.2) is 0 Å². The van der Waals surface area contributed by atoms with Crippen molar-refractivity contribution in [3.05, 3.63) is 0 Å². The maximum absolute atomic E-state index is 11.2. The molecule has 0 heterocycles. The van der Waals surface area contributed by atoms with E-state index in [2.05, 4.69) is 14.4 Å². The molecule has 0 amide bonds. The number of hydrogen-bond donors (Lipinski definition) is 0. The second-order valence-electron chi connectivity index (χ2n) is 4.57. The van der Waals surface area contributed by atoms with Crippen molar-refractivity contribution in [2.45, 2.75) is 18.2 Å². The lowest BCUT2D eigenvalue weighted by Gasteiger charge is -2.31. The SMILES string of the molecule is CN(C)C(N(C)C)=[N+](C)C.[O-]C(F)(F)C(F)(F)C(F)(F)F. The fraction of sp³-hybridized carbons (Fsp3) is 0.900. The van der Waals surface area contributed by atoms with Gasteiger partial charge >= 0.3 is 18.1 Å². The Balaban J connectivity index is 0. The highest BCUT2D eigenvalue weighted by Gasteiger charge is 2.67. The van der Waals surface area contributed by atoms with Crippen molar-refractivity contribution in [1.82, 2.24) is 9.80 Å². The van der Waals surface area contributed by atoms with Gasteiger partial charge in [-0.15, -0.1) is 0 Å². The number of alkyl halides is 7. The number of hydrogen-bond acceptors (Lipinski definition) is 1. The van der Waals surface area contributed by atoms with Gasteiger partial charge in [0.1, 0.15) is 0 Å². The van der Waals surface area contributed by atoms with E-state index in [0.717, 1.165) is 0 Å². The maximum Gasteiger partial charge on any atom is 0.458 e. The molecule has 0 spiro atoms. The van der Waals surface area contributed by atoms with Crippen molar-refractivity contribution < 1.29 is 40.4 Å². The van der Waals surface area contributed by atoms with Crippen molar-refractivity contribution in [3.8, 4) is 0 Å². The first-order chi connectivity index (χ1) is 8.96. The Hall–Kier alpha value is -1.26. The van der Waals surface area contributed by atoms with E-state index in [0.29, 0.717) is 0 Å². The molecular formula is C10H18F7N3O. The topological polar surface area (TPSA) is 32.5 Å². The van der Waals surface area contributed by atoms with E-state index in [-0.39, 0.29) is 0 Å². The highest BCUT2D eigenvalue weighted by molar-refractivity contribution is 5.73. The molecule has 0 aliphatic rings. The number of rotatable bonds is 1. The van der Waals surface area contributed by atoms with Crippen LogP contribution in [0.5, 0.6) is 0 Å². The van der Waals surface area contributed by atoms with Gasteiger partial charge in [-0.2, -0.15) is 22.0 Å². The zero-order chi connectivity index (χ0) is 17.8. The molecule has 0 saturated carbocycles. The van der Waals surface area contributed by atoms with Crippen molar-refractivity contribution in [2.75, 3.05) is 42.3 Å². The highest BCUT2D eigenvalue weighted by Crippen LogP contribution is 2.43. The molecule has 0 saturated heterocycles. The zero-order valence-corrected chi connectivity index (χ0v) is 12.4. The lowest BCUT2D eigenvalue weighted by atomic mass is 10.3. The average molecular weight is 329 g/mol. The van der Waals surface area contributed by atoms with E-state index in [1.807, 2.05) is 42.3 Å². The quantitative estimate of drug-likeness (QED) is 0.310. The molecule has 0 atom stereocenters. The van der Waals surface area contributed by atoms with Crippen molar-refractivity contribution >= 4 is 5.96 Å². The molecule has 0 rings (SSSR count). The molecule has 0 aliphatic carbocycles. The fourth-order valence-corrected chi connectivity index (χ4v) is 1.37. The molecule has 21 heavy (non-hydrogen) atoms. The normalized spacial score (nSPS) is 12.3. The largest absolute Gasteiger partial charge is 0.793 e. The summed E-state index contributed by atoms with van der Waals surface area (Å²) in [7, 11) is 12.2. The molecule has 0 aromatic rings. The lowest BCUT2D eigenvalue weighted by molar-refractivity contribution is -0.629. The molecule has 0 aromatic heterocycles. The summed E-state index contributed by atoms with van der Waals surface area (Å²) < 4.78 is 79.2. The van der Waals surface area contributed by atoms with Crippen LogP contribution < -0.4 is 5.11 Å². The third-order valence-corrected chi connectivity index (χ3v) is 1.92. The smallest absolute Gasteiger partial charge is 0.458 e. The molecule has 11 heteroatoms. The van der Waals surface area contributed by atoms with Crippen LogP contribution in [0.2, 0.25) is 0 Å². The molecule has 0 bridgehead atoms. The van der Waals surface area contributed by atoms with Gasteiger partial charge in [0.15, 0.2) is 0 Å². The summed E-state index contributed by atoms with van der Waals surface area (Å²) in [6, 6.07) is 0. The minimum atomic E-state index is -6.52. The first-order valence-electron chi connectivity index (χ1n) is 5.38. The number of halogens is 7. The Kier molecular flexibility index (Phi) is 7.49. The zero-order valence-electron chi connectivity index (χ0n) is 12.4. The predicted molar refractivity (Wildman–Crippen MR) is 60.4 cm³/mol. The second kappa shape index (κ2) is 7.14. The van der Waals surface area contributed by atoms with E-state index < -0.39 is 18.2 Å². The molecular weight excluding hydrogens is 311 g/mol. The van der Waals surface area contributed by atoms with Gasteiger partial charge in [-0.05, 0) is 0 Å². The van der Waals surface area contributed by atoms with Crippen molar-refractivity contribution in [1.29, 1.82) is 0 Å².